The third-order valence-corrected chi connectivity index (χ3v) is 3.41. The molecule has 1 aliphatic heterocycles. The van der Waals surface area contributed by atoms with Crippen molar-refractivity contribution in [2.45, 2.75) is 20.3 Å². The van der Waals surface area contributed by atoms with Crippen LogP contribution in [-0.4, -0.2) is 35.5 Å². The molecule has 0 radical (unpaired) electrons. The van der Waals surface area contributed by atoms with E-state index in [1.54, 1.807) is 0 Å². The first-order valence-corrected chi connectivity index (χ1v) is 6.69. The molecule has 2 rings (SSSR count). The van der Waals surface area contributed by atoms with Gasteiger partial charge in [0.1, 0.15) is 4.99 Å². The van der Waals surface area contributed by atoms with Gasteiger partial charge in [0.05, 0.1) is 11.3 Å². The average molecular weight is 278 g/mol. The zero-order chi connectivity index (χ0) is 14.0. The largest absolute Gasteiger partial charge is 0.389 e. The summed E-state index contributed by atoms with van der Waals surface area (Å²) < 4.78 is 0. The van der Waals surface area contributed by atoms with Crippen molar-refractivity contribution >= 4 is 28.8 Å². The fraction of sp³-hybridized carbons (Fsp3) is 0.462. The lowest BCUT2D eigenvalue weighted by molar-refractivity contribution is -0.120. The second-order valence-electron chi connectivity index (χ2n) is 4.69. The lowest BCUT2D eigenvalue weighted by Gasteiger charge is -2.25. The number of anilines is 1. The number of nitrogens with one attached hydrogen (secondary N) is 1. The van der Waals surface area contributed by atoms with E-state index in [0.29, 0.717) is 24.5 Å². The van der Waals surface area contributed by atoms with Crippen LogP contribution in [-0.2, 0) is 4.79 Å². The van der Waals surface area contributed by atoms with E-state index < -0.39 is 0 Å². The van der Waals surface area contributed by atoms with Gasteiger partial charge in [-0.15, -0.1) is 0 Å². The highest BCUT2D eigenvalue weighted by molar-refractivity contribution is 7.80. The molecule has 6 heteroatoms. The highest BCUT2D eigenvalue weighted by Crippen LogP contribution is 2.24. The predicted molar refractivity (Wildman–Crippen MR) is 79.4 cm³/mol. The van der Waals surface area contributed by atoms with Gasteiger partial charge in [0, 0.05) is 37.4 Å². The smallest absolute Gasteiger partial charge is 0.221 e. The number of pyridine rings is 1. The Kier molecular flexibility index (Phi) is 3.99. The molecule has 1 aromatic heterocycles. The molecule has 0 spiro atoms. The summed E-state index contributed by atoms with van der Waals surface area (Å²) >= 11 is 5.14. The Hall–Kier alpha value is -1.69. The summed E-state index contributed by atoms with van der Waals surface area (Å²) in [6.45, 7) is 5.91. The zero-order valence-corrected chi connectivity index (χ0v) is 12.0. The molecule has 0 saturated carbocycles. The Morgan fingerprint density at radius 2 is 2.21 bits per heavy atom. The molecule has 0 atom stereocenters. The van der Waals surface area contributed by atoms with Gasteiger partial charge in [-0.05, 0) is 19.9 Å². The molecule has 102 valence electrons. The Bertz CT molecular complexity index is 530. The molecule has 0 aliphatic carbocycles. The number of carbonyl (C=O) groups excluding carboxylic acids is 1. The molecule has 0 unspecified atom stereocenters. The summed E-state index contributed by atoms with van der Waals surface area (Å²) in [6.07, 6.45) is 0.483. The lowest BCUT2D eigenvalue weighted by atomic mass is 10.1. The fourth-order valence-corrected chi connectivity index (χ4v) is 2.62. The highest BCUT2D eigenvalue weighted by Gasteiger charge is 2.19. The maximum atomic E-state index is 11.4. The topological polar surface area (TPSA) is 71.2 Å². The van der Waals surface area contributed by atoms with Crippen molar-refractivity contribution in [2.24, 2.45) is 5.73 Å². The lowest BCUT2D eigenvalue weighted by Crippen LogP contribution is -2.31. The molecule has 1 amide bonds. The molecule has 2 heterocycles. The van der Waals surface area contributed by atoms with Crippen molar-refractivity contribution in [3.05, 3.63) is 23.0 Å². The molecule has 1 fully saturated rings. The van der Waals surface area contributed by atoms with Crippen LogP contribution in [0.4, 0.5) is 5.69 Å². The van der Waals surface area contributed by atoms with Gasteiger partial charge in [-0.1, -0.05) is 12.2 Å². The van der Waals surface area contributed by atoms with Gasteiger partial charge in [0.25, 0.3) is 0 Å². The number of nitrogens with zero attached hydrogens (tertiary/aromatic N) is 2. The summed E-state index contributed by atoms with van der Waals surface area (Å²) in [7, 11) is 0. The quantitative estimate of drug-likeness (QED) is 0.778. The van der Waals surface area contributed by atoms with E-state index in [2.05, 4.69) is 15.2 Å². The van der Waals surface area contributed by atoms with E-state index in [-0.39, 0.29) is 5.91 Å². The summed E-state index contributed by atoms with van der Waals surface area (Å²) in [6, 6.07) is 1.98. The van der Waals surface area contributed by atoms with Gasteiger partial charge in [-0.3, -0.25) is 9.78 Å². The van der Waals surface area contributed by atoms with E-state index in [0.717, 1.165) is 29.2 Å². The van der Waals surface area contributed by atoms with Crippen molar-refractivity contribution in [1.82, 2.24) is 10.3 Å². The van der Waals surface area contributed by atoms with Crippen molar-refractivity contribution in [2.75, 3.05) is 24.5 Å². The van der Waals surface area contributed by atoms with Gasteiger partial charge >= 0.3 is 0 Å². The summed E-state index contributed by atoms with van der Waals surface area (Å²) in [5.74, 6) is 0.0851. The zero-order valence-electron chi connectivity index (χ0n) is 11.2. The number of thiocarbonyl (C=S) groups is 1. The molecule has 0 bridgehead atoms. The van der Waals surface area contributed by atoms with Crippen molar-refractivity contribution in [3.8, 4) is 0 Å². The van der Waals surface area contributed by atoms with Gasteiger partial charge in [-0.25, -0.2) is 0 Å². The van der Waals surface area contributed by atoms with Crippen LogP contribution in [0.5, 0.6) is 0 Å². The van der Waals surface area contributed by atoms with E-state index in [1.165, 1.54) is 0 Å². The number of nitrogens with two attached hydrogens (primary N) is 1. The fourth-order valence-electron chi connectivity index (χ4n) is 2.37. The SMILES string of the molecule is Cc1cc(N2CCNC(=O)CC2)c(C(N)=S)c(C)n1. The van der Waals surface area contributed by atoms with Gasteiger partial charge < -0.3 is 16.0 Å². The van der Waals surface area contributed by atoms with Crippen LogP contribution in [0.15, 0.2) is 6.07 Å². The number of hydrogen-bond donors (Lipinski definition) is 2. The van der Waals surface area contributed by atoms with E-state index in [9.17, 15) is 4.79 Å². The normalized spacial score (nSPS) is 15.9. The van der Waals surface area contributed by atoms with Crippen LogP contribution in [0.2, 0.25) is 0 Å². The van der Waals surface area contributed by atoms with Crippen LogP contribution < -0.4 is 16.0 Å². The summed E-state index contributed by atoms with van der Waals surface area (Å²) in [5, 5.41) is 2.86. The number of rotatable bonds is 2. The van der Waals surface area contributed by atoms with Crippen molar-refractivity contribution in [3.63, 3.8) is 0 Å². The second-order valence-corrected chi connectivity index (χ2v) is 5.13. The minimum Gasteiger partial charge on any atom is -0.389 e. The van der Waals surface area contributed by atoms with E-state index in [4.69, 9.17) is 18.0 Å². The van der Waals surface area contributed by atoms with Gasteiger partial charge in [-0.2, -0.15) is 0 Å². The molecule has 1 saturated heterocycles. The first-order chi connectivity index (χ1) is 8.99. The molecule has 5 nitrogen and oxygen atoms in total. The Morgan fingerprint density at radius 3 is 2.89 bits per heavy atom. The Morgan fingerprint density at radius 1 is 1.47 bits per heavy atom. The third-order valence-electron chi connectivity index (χ3n) is 3.21. The van der Waals surface area contributed by atoms with Crippen molar-refractivity contribution < 1.29 is 4.79 Å². The van der Waals surface area contributed by atoms with E-state index >= 15 is 0 Å². The number of carbonyl (C=O) groups is 1. The predicted octanol–water partition coefficient (Wildman–Crippen LogP) is 0.659. The number of aromatic nitrogens is 1. The van der Waals surface area contributed by atoms with Crippen LogP contribution in [0.1, 0.15) is 23.4 Å². The summed E-state index contributed by atoms with van der Waals surface area (Å²) in [4.78, 5) is 18.3. The first kappa shape index (κ1) is 13.7. The minimum absolute atomic E-state index is 0.0851. The molecular formula is C13H18N4OS. The molecule has 0 aromatic carbocycles. The van der Waals surface area contributed by atoms with Crippen LogP contribution in [0, 0.1) is 13.8 Å². The number of aryl methyl sites for hydroxylation is 2. The maximum Gasteiger partial charge on any atom is 0.221 e. The average Bonchev–Trinajstić information content (AvgIpc) is 2.52. The Labute approximate surface area is 118 Å². The van der Waals surface area contributed by atoms with Crippen LogP contribution >= 0.6 is 12.2 Å². The van der Waals surface area contributed by atoms with Gasteiger partial charge in [0.2, 0.25) is 5.91 Å². The standard InChI is InChI=1S/C13H18N4OS/c1-8-7-10(12(13(14)19)9(2)16-8)17-5-3-11(18)15-4-6-17/h7H,3-6H2,1-2H3,(H2,14,19)(H,15,18). The van der Waals surface area contributed by atoms with Gasteiger partial charge in [0.15, 0.2) is 0 Å². The Balaban J connectivity index is 2.42. The molecule has 3 N–H and O–H groups in total. The number of amides is 1. The highest BCUT2D eigenvalue weighted by atomic mass is 32.1. The van der Waals surface area contributed by atoms with Crippen LogP contribution in [0.25, 0.3) is 0 Å². The summed E-state index contributed by atoms with van der Waals surface area (Å²) in [5.41, 5.74) is 9.38. The second kappa shape index (κ2) is 5.52. The third kappa shape index (κ3) is 3.01. The molecule has 1 aromatic rings. The first-order valence-electron chi connectivity index (χ1n) is 6.28. The van der Waals surface area contributed by atoms with E-state index in [1.807, 2.05) is 19.9 Å². The van der Waals surface area contributed by atoms with Crippen LogP contribution in [0.3, 0.4) is 0 Å². The van der Waals surface area contributed by atoms with Crippen molar-refractivity contribution in [1.29, 1.82) is 0 Å². The molecular weight excluding hydrogens is 260 g/mol. The monoisotopic (exact) mass is 278 g/mol. The number of hydrogen-bond acceptors (Lipinski definition) is 4. The minimum atomic E-state index is 0.0851. The molecule has 19 heavy (non-hydrogen) atoms. The molecule has 1 aliphatic rings. The maximum absolute atomic E-state index is 11.4.